The molecule has 18 heavy (non-hydrogen) atoms. The largest absolute Gasteiger partial charge is 0.618 e. The Morgan fingerprint density at radius 3 is 2.22 bits per heavy atom. The lowest BCUT2D eigenvalue weighted by Crippen LogP contribution is -1.99. The molecule has 2 rings (SSSR count). The van der Waals surface area contributed by atoms with Gasteiger partial charge in [-0.3, -0.25) is 10.1 Å². The summed E-state index contributed by atoms with van der Waals surface area (Å²) in [6.07, 6.45) is 1.37. The van der Waals surface area contributed by atoms with Crippen molar-refractivity contribution in [3.63, 3.8) is 0 Å². The predicted octanol–water partition coefficient (Wildman–Crippen LogP) is 2.86. The topological polar surface area (TPSA) is 69.2 Å². The van der Waals surface area contributed by atoms with Crippen molar-refractivity contribution in [1.29, 1.82) is 0 Å². The third-order valence-corrected chi connectivity index (χ3v) is 2.36. The molecule has 0 radical (unpaired) electrons. The number of benzene rings is 2. The number of nitro groups is 1. The number of non-ortho nitro benzene ring substituents is 1. The number of nitrogens with zero attached hydrogens (tertiary/aromatic N) is 2. The Kier molecular flexibility index (Phi) is 3.33. The number of hydrogen-bond donors (Lipinski definition) is 0. The highest BCUT2D eigenvalue weighted by Crippen LogP contribution is 2.19. The van der Waals surface area contributed by atoms with E-state index in [1.54, 1.807) is 12.1 Å². The van der Waals surface area contributed by atoms with Crippen LogP contribution in [-0.4, -0.2) is 15.9 Å². The van der Waals surface area contributed by atoms with E-state index in [1.165, 1.54) is 30.5 Å². The summed E-state index contributed by atoms with van der Waals surface area (Å²) in [5.41, 5.74) is 0.863. The first-order valence-electron chi connectivity index (χ1n) is 5.27. The zero-order chi connectivity index (χ0) is 13.0. The highest BCUT2D eigenvalue weighted by molar-refractivity contribution is 5.76. The van der Waals surface area contributed by atoms with E-state index in [0.29, 0.717) is 4.74 Å². The van der Waals surface area contributed by atoms with Crippen molar-refractivity contribution in [3.8, 4) is 0 Å². The summed E-state index contributed by atoms with van der Waals surface area (Å²) in [4.78, 5) is 10.1. The number of rotatable bonds is 3. The Morgan fingerprint density at radius 1 is 0.889 bits per heavy atom. The van der Waals surface area contributed by atoms with Gasteiger partial charge in [0, 0.05) is 17.7 Å². The van der Waals surface area contributed by atoms with Gasteiger partial charge in [-0.1, -0.05) is 18.2 Å². The molecule has 0 aromatic heterocycles. The molecule has 0 unspecified atom stereocenters. The third-order valence-electron chi connectivity index (χ3n) is 2.36. The van der Waals surface area contributed by atoms with Gasteiger partial charge < -0.3 is 5.21 Å². The van der Waals surface area contributed by atoms with Crippen LogP contribution in [0.15, 0.2) is 54.6 Å². The minimum Gasteiger partial charge on any atom is -0.618 e. The van der Waals surface area contributed by atoms with Crippen LogP contribution in [0.4, 0.5) is 11.4 Å². The van der Waals surface area contributed by atoms with Crippen molar-refractivity contribution in [2.24, 2.45) is 0 Å². The molecule has 5 nitrogen and oxygen atoms in total. The van der Waals surface area contributed by atoms with Crippen LogP contribution in [0.25, 0.3) is 0 Å². The Bertz CT molecular complexity index is 594. The summed E-state index contributed by atoms with van der Waals surface area (Å²) in [7, 11) is 0. The molecule has 0 amide bonds. The van der Waals surface area contributed by atoms with Crippen molar-refractivity contribution >= 4 is 17.6 Å². The van der Waals surface area contributed by atoms with Crippen LogP contribution in [0, 0.1) is 15.3 Å². The van der Waals surface area contributed by atoms with Gasteiger partial charge in [-0.25, -0.2) is 0 Å². The number of hydrogen-bond acceptors (Lipinski definition) is 3. The molecular weight excluding hydrogens is 232 g/mol. The standard InChI is InChI=1S/C13H10N2O3/c16-14(10-11-5-2-1-3-6-11)12-7-4-8-13(9-12)15(17)18/h1-10H. The number of nitro benzene ring substituents is 1. The Morgan fingerprint density at radius 2 is 1.56 bits per heavy atom. The van der Waals surface area contributed by atoms with Crippen LogP contribution in [0.2, 0.25) is 0 Å². The van der Waals surface area contributed by atoms with Crippen LogP contribution < -0.4 is 0 Å². The van der Waals surface area contributed by atoms with Gasteiger partial charge in [0.1, 0.15) is 0 Å². The quantitative estimate of drug-likeness (QED) is 0.273. The smallest absolute Gasteiger partial charge is 0.276 e. The predicted molar refractivity (Wildman–Crippen MR) is 68.0 cm³/mol. The molecule has 0 saturated carbocycles. The van der Waals surface area contributed by atoms with E-state index in [-0.39, 0.29) is 11.4 Å². The van der Waals surface area contributed by atoms with Crippen LogP contribution in [-0.2, 0) is 0 Å². The van der Waals surface area contributed by atoms with Crippen LogP contribution in [0.1, 0.15) is 5.56 Å². The minimum absolute atomic E-state index is 0.102. The molecule has 0 heterocycles. The summed E-state index contributed by atoms with van der Waals surface area (Å²) in [6, 6.07) is 14.6. The van der Waals surface area contributed by atoms with E-state index in [2.05, 4.69) is 0 Å². The van der Waals surface area contributed by atoms with Crippen molar-refractivity contribution in [1.82, 2.24) is 0 Å². The van der Waals surface area contributed by atoms with Gasteiger partial charge in [0.05, 0.1) is 11.0 Å². The van der Waals surface area contributed by atoms with Crippen molar-refractivity contribution in [2.75, 3.05) is 0 Å². The monoisotopic (exact) mass is 242 g/mol. The maximum atomic E-state index is 11.8. The molecular formula is C13H10N2O3. The normalized spacial score (nSPS) is 11.2. The van der Waals surface area contributed by atoms with Crippen molar-refractivity contribution in [2.45, 2.75) is 0 Å². The highest BCUT2D eigenvalue weighted by atomic mass is 16.6. The van der Waals surface area contributed by atoms with E-state index in [1.807, 2.05) is 18.2 Å². The van der Waals surface area contributed by atoms with E-state index in [4.69, 9.17) is 0 Å². The van der Waals surface area contributed by atoms with E-state index in [0.717, 1.165) is 5.56 Å². The first-order valence-corrected chi connectivity index (χ1v) is 5.27. The minimum atomic E-state index is -0.528. The Hall–Kier alpha value is -2.69. The van der Waals surface area contributed by atoms with E-state index >= 15 is 0 Å². The van der Waals surface area contributed by atoms with Crippen LogP contribution in [0.5, 0.6) is 0 Å². The first-order chi connectivity index (χ1) is 8.66. The molecule has 90 valence electrons. The average molecular weight is 242 g/mol. The summed E-state index contributed by atoms with van der Waals surface area (Å²) in [6.45, 7) is 0. The molecule has 0 spiro atoms. The van der Waals surface area contributed by atoms with E-state index in [9.17, 15) is 15.3 Å². The maximum absolute atomic E-state index is 11.8. The third kappa shape index (κ3) is 2.70. The highest BCUT2D eigenvalue weighted by Gasteiger charge is 2.10. The van der Waals surface area contributed by atoms with Crippen LogP contribution >= 0.6 is 0 Å². The molecule has 2 aromatic rings. The Labute approximate surface area is 103 Å². The fraction of sp³-hybridized carbons (Fsp3) is 0. The van der Waals surface area contributed by atoms with Gasteiger partial charge in [-0.2, -0.15) is 4.74 Å². The molecule has 0 N–H and O–H groups in total. The summed E-state index contributed by atoms with van der Waals surface area (Å²) in [5, 5.41) is 22.4. The molecule has 0 aliphatic rings. The van der Waals surface area contributed by atoms with Crippen molar-refractivity contribution in [3.05, 3.63) is 75.5 Å². The zero-order valence-corrected chi connectivity index (χ0v) is 9.39. The fourth-order valence-electron chi connectivity index (χ4n) is 1.49. The molecule has 0 aliphatic carbocycles. The first kappa shape index (κ1) is 11.8. The van der Waals surface area contributed by atoms with Gasteiger partial charge in [0.2, 0.25) is 5.69 Å². The second-order valence-electron chi connectivity index (χ2n) is 3.64. The lowest BCUT2D eigenvalue weighted by molar-refractivity contribution is -0.387. The van der Waals surface area contributed by atoms with Crippen molar-refractivity contribution < 1.29 is 9.66 Å². The molecule has 5 heteroatoms. The van der Waals surface area contributed by atoms with Crippen LogP contribution in [0.3, 0.4) is 0 Å². The zero-order valence-electron chi connectivity index (χ0n) is 9.39. The van der Waals surface area contributed by atoms with Gasteiger partial charge in [-0.15, -0.1) is 0 Å². The fourth-order valence-corrected chi connectivity index (χ4v) is 1.49. The molecule has 0 atom stereocenters. The van der Waals surface area contributed by atoms with Gasteiger partial charge in [-0.05, 0) is 18.2 Å². The summed E-state index contributed by atoms with van der Waals surface area (Å²) < 4.78 is 0.613. The Balaban J connectivity index is 2.34. The molecule has 0 aliphatic heterocycles. The lowest BCUT2D eigenvalue weighted by Gasteiger charge is -2.02. The SMILES string of the molecule is O=[N+]([O-])c1cccc([N+]([O-])=Cc2ccccc2)c1. The average Bonchev–Trinajstić information content (AvgIpc) is 2.40. The second kappa shape index (κ2) is 5.09. The molecule has 0 bridgehead atoms. The van der Waals surface area contributed by atoms with Gasteiger partial charge in [0.25, 0.3) is 5.69 Å². The maximum Gasteiger partial charge on any atom is 0.276 e. The molecule has 0 saturated heterocycles. The summed E-state index contributed by atoms with van der Waals surface area (Å²) in [5.74, 6) is 0. The van der Waals surface area contributed by atoms with Gasteiger partial charge >= 0.3 is 0 Å². The molecule has 0 fully saturated rings. The van der Waals surface area contributed by atoms with E-state index < -0.39 is 4.92 Å². The van der Waals surface area contributed by atoms with Gasteiger partial charge in [0.15, 0.2) is 6.21 Å². The summed E-state index contributed by atoms with van der Waals surface area (Å²) >= 11 is 0. The molecule has 2 aromatic carbocycles. The lowest BCUT2D eigenvalue weighted by atomic mass is 10.2. The second-order valence-corrected chi connectivity index (χ2v) is 3.64.